The van der Waals surface area contributed by atoms with E-state index in [0.29, 0.717) is 23.1 Å². The van der Waals surface area contributed by atoms with Gasteiger partial charge in [0.15, 0.2) is 0 Å². The quantitative estimate of drug-likeness (QED) is 0.372. The van der Waals surface area contributed by atoms with Crippen LogP contribution in [0.2, 0.25) is 5.02 Å². The maximum Gasteiger partial charge on any atom is 0.264 e. The molecule has 9 heteroatoms. The van der Waals surface area contributed by atoms with Crippen LogP contribution >= 0.6 is 11.6 Å². The van der Waals surface area contributed by atoms with Crippen LogP contribution in [0.3, 0.4) is 0 Å². The van der Waals surface area contributed by atoms with Crippen LogP contribution in [0.4, 0.5) is 5.69 Å². The Morgan fingerprint density at radius 1 is 0.914 bits per heavy atom. The minimum Gasteiger partial charge on any atom is -0.494 e. The lowest BCUT2D eigenvalue weighted by molar-refractivity contribution is -0.119. The number of carbonyl (C=O) groups excluding carboxylic acids is 1. The molecule has 0 aliphatic rings. The second-order valence-electron chi connectivity index (χ2n) is 7.91. The van der Waals surface area contributed by atoms with Crippen LogP contribution in [-0.2, 0) is 14.8 Å². The first-order valence-electron chi connectivity index (χ1n) is 11.2. The number of nitrogens with zero attached hydrogens (tertiary/aromatic N) is 1. The van der Waals surface area contributed by atoms with E-state index in [9.17, 15) is 13.2 Å². The lowest BCUT2D eigenvalue weighted by atomic mass is 10.1. The average molecular weight is 517 g/mol. The van der Waals surface area contributed by atoms with E-state index in [4.69, 9.17) is 21.1 Å². The summed E-state index contributed by atoms with van der Waals surface area (Å²) in [6, 6.07) is 18.2. The third-order valence-electron chi connectivity index (χ3n) is 5.01. The molecule has 0 saturated carbocycles. The molecule has 0 unspecified atom stereocenters. The van der Waals surface area contributed by atoms with E-state index in [2.05, 4.69) is 5.32 Å². The summed E-state index contributed by atoms with van der Waals surface area (Å²) < 4.78 is 39.1. The van der Waals surface area contributed by atoms with Gasteiger partial charge in [0.25, 0.3) is 10.0 Å². The van der Waals surface area contributed by atoms with Crippen LogP contribution in [0.15, 0.2) is 71.6 Å². The van der Waals surface area contributed by atoms with Crippen LogP contribution in [0.5, 0.6) is 11.5 Å². The molecule has 0 bridgehead atoms. The SMILES string of the molecule is CCOc1ccc(N(CC(=O)NCCOc2cc(C)cc(C)c2)S(=O)(=O)c2ccc(Cl)cc2)cc1. The summed E-state index contributed by atoms with van der Waals surface area (Å²) in [6.45, 7) is 6.39. The third kappa shape index (κ3) is 7.37. The Bertz CT molecular complexity index is 1230. The van der Waals surface area contributed by atoms with Gasteiger partial charge in [-0.1, -0.05) is 17.7 Å². The van der Waals surface area contributed by atoms with Crippen molar-refractivity contribution in [2.24, 2.45) is 0 Å². The molecule has 1 N–H and O–H groups in total. The first-order valence-corrected chi connectivity index (χ1v) is 13.0. The highest BCUT2D eigenvalue weighted by Gasteiger charge is 2.27. The number of sulfonamides is 1. The summed E-state index contributed by atoms with van der Waals surface area (Å²) in [5.41, 5.74) is 2.51. The number of aryl methyl sites for hydroxylation is 2. The zero-order valence-corrected chi connectivity index (χ0v) is 21.5. The fourth-order valence-corrected chi connectivity index (χ4v) is 5.03. The van der Waals surface area contributed by atoms with Gasteiger partial charge in [-0.2, -0.15) is 0 Å². The molecule has 0 spiro atoms. The Balaban J connectivity index is 1.72. The maximum atomic E-state index is 13.4. The minimum atomic E-state index is -4.03. The van der Waals surface area contributed by atoms with E-state index in [1.807, 2.05) is 39.0 Å². The van der Waals surface area contributed by atoms with Gasteiger partial charge in [0.1, 0.15) is 24.7 Å². The van der Waals surface area contributed by atoms with Crippen molar-refractivity contribution in [2.75, 3.05) is 30.6 Å². The molecule has 0 aliphatic carbocycles. The molecule has 35 heavy (non-hydrogen) atoms. The number of rotatable bonds is 11. The first kappa shape index (κ1) is 26.4. The Kier molecular flexibility index (Phi) is 9.01. The summed E-state index contributed by atoms with van der Waals surface area (Å²) in [6.07, 6.45) is 0. The smallest absolute Gasteiger partial charge is 0.264 e. The molecule has 0 atom stereocenters. The number of ether oxygens (including phenoxy) is 2. The Morgan fingerprint density at radius 2 is 1.54 bits per heavy atom. The molecule has 0 heterocycles. The number of amides is 1. The van der Waals surface area contributed by atoms with Gasteiger partial charge in [-0.3, -0.25) is 9.10 Å². The van der Waals surface area contributed by atoms with Gasteiger partial charge in [0.2, 0.25) is 5.91 Å². The summed E-state index contributed by atoms with van der Waals surface area (Å²) in [4.78, 5) is 12.8. The second-order valence-corrected chi connectivity index (χ2v) is 10.2. The molecule has 3 aromatic carbocycles. The van der Waals surface area contributed by atoms with E-state index < -0.39 is 22.5 Å². The highest BCUT2D eigenvalue weighted by Crippen LogP contribution is 2.26. The van der Waals surface area contributed by atoms with E-state index in [0.717, 1.165) is 21.2 Å². The summed E-state index contributed by atoms with van der Waals surface area (Å²) in [5, 5.41) is 3.15. The number of hydrogen-bond donors (Lipinski definition) is 1. The number of nitrogens with one attached hydrogen (secondary N) is 1. The van der Waals surface area contributed by atoms with Crippen LogP contribution in [0, 0.1) is 13.8 Å². The molecule has 0 fully saturated rings. The van der Waals surface area contributed by atoms with Crippen LogP contribution in [-0.4, -0.2) is 40.6 Å². The molecule has 7 nitrogen and oxygen atoms in total. The molecule has 0 aliphatic heterocycles. The van der Waals surface area contributed by atoms with Crippen molar-refractivity contribution in [3.05, 3.63) is 82.9 Å². The normalized spacial score (nSPS) is 11.1. The molecule has 3 aromatic rings. The topological polar surface area (TPSA) is 84.9 Å². The molecule has 1 amide bonds. The molecular formula is C26H29ClN2O5S. The van der Waals surface area contributed by atoms with E-state index in [-0.39, 0.29) is 18.0 Å². The van der Waals surface area contributed by atoms with Gasteiger partial charge in [0.05, 0.1) is 23.7 Å². The fourth-order valence-electron chi connectivity index (χ4n) is 3.49. The second kappa shape index (κ2) is 12.0. The summed E-state index contributed by atoms with van der Waals surface area (Å²) >= 11 is 5.92. The van der Waals surface area contributed by atoms with Gasteiger partial charge in [-0.15, -0.1) is 0 Å². The number of hydrogen-bond acceptors (Lipinski definition) is 5. The molecule has 186 valence electrons. The first-order chi connectivity index (χ1) is 16.7. The Labute approximate surface area is 211 Å². The Morgan fingerprint density at radius 3 is 2.14 bits per heavy atom. The lowest BCUT2D eigenvalue weighted by Gasteiger charge is -2.24. The van der Waals surface area contributed by atoms with E-state index in [1.165, 1.54) is 24.3 Å². The predicted octanol–water partition coefficient (Wildman–Crippen LogP) is 4.75. The van der Waals surface area contributed by atoms with Crippen molar-refractivity contribution in [1.82, 2.24) is 5.32 Å². The predicted molar refractivity (Wildman–Crippen MR) is 138 cm³/mol. The monoisotopic (exact) mass is 516 g/mol. The molecule has 0 saturated heterocycles. The van der Waals surface area contributed by atoms with Crippen molar-refractivity contribution in [3.8, 4) is 11.5 Å². The molecule has 3 rings (SSSR count). The van der Waals surface area contributed by atoms with Crippen molar-refractivity contribution in [3.63, 3.8) is 0 Å². The Hall–Kier alpha value is -3.23. The number of carbonyl (C=O) groups is 1. The standard InChI is InChI=1S/C26H29ClN2O5S/c1-4-33-23-9-7-22(8-10-23)29(35(31,32)25-11-5-21(27)6-12-25)18-26(30)28-13-14-34-24-16-19(2)15-20(3)17-24/h5-12,15-17H,4,13-14,18H2,1-3H3,(H,28,30). The largest absolute Gasteiger partial charge is 0.494 e. The van der Waals surface area contributed by atoms with Gasteiger partial charge < -0.3 is 14.8 Å². The maximum absolute atomic E-state index is 13.4. The highest BCUT2D eigenvalue weighted by molar-refractivity contribution is 7.92. The molecule has 0 aromatic heterocycles. The van der Waals surface area contributed by atoms with E-state index in [1.54, 1.807) is 24.3 Å². The van der Waals surface area contributed by atoms with Crippen molar-refractivity contribution in [2.45, 2.75) is 25.7 Å². The highest BCUT2D eigenvalue weighted by atomic mass is 35.5. The average Bonchev–Trinajstić information content (AvgIpc) is 2.81. The van der Waals surface area contributed by atoms with Crippen molar-refractivity contribution < 1.29 is 22.7 Å². The summed E-state index contributed by atoms with van der Waals surface area (Å²) in [7, 11) is -4.03. The van der Waals surface area contributed by atoms with E-state index >= 15 is 0 Å². The minimum absolute atomic E-state index is 0.0294. The zero-order chi connectivity index (χ0) is 25.4. The van der Waals surface area contributed by atoms with Gasteiger partial charge >= 0.3 is 0 Å². The van der Waals surface area contributed by atoms with Crippen LogP contribution < -0.4 is 19.1 Å². The number of benzene rings is 3. The number of anilines is 1. The van der Waals surface area contributed by atoms with Gasteiger partial charge in [0, 0.05) is 5.02 Å². The summed E-state index contributed by atoms with van der Waals surface area (Å²) in [5.74, 6) is 0.867. The van der Waals surface area contributed by atoms with Gasteiger partial charge in [-0.25, -0.2) is 8.42 Å². The lowest BCUT2D eigenvalue weighted by Crippen LogP contribution is -2.41. The molecular weight excluding hydrogens is 488 g/mol. The zero-order valence-electron chi connectivity index (χ0n) is 20.0. The molecule has 0 radical (unpaired) electrons. The fraction of sp³-hybridized carbons (Fsp3) is 0.269. The van der Waals surface area contributed by atoms with Crippen LogP contribution in [0.25, 0.3) is 0 Å². The van der Waals surface area contributed by atoms with Crippen molar-refractivity contribution >= 4 is 33.2 Å². The van der Waals surface area contributed by atoms with Crippen molar-refractivity contribution in [1.29, 1.82) is 0 Å². The van der Waals surface area contributed by atoms with Gasteiger partial charge in [-0.05, 0) is 92.6 Å². The van der Waals surface area contributed by atoms with Crippen LogP contribution in [0.1, 0.15) is 18.1 Å². The third-order valence-corrected chi connectivity index (χ3v) is 7.05. The number of halogens is 1.